The van der Waals surface area contributed by atoms with Crippen molar-refractivity contribution in [1.29, 1.82) is 0 Å². The van der Waals surface area contributed by atoms with Crippen molar-refractivity contribution in [2.24, 2.45) is 5.41 Å². The average Bonchev–Trinajstić information content (AvgIpc) is 3.34. The van der Waals surface area contributed by atoms with E-state index in [1.54, 1.807) is 11.9 Å². The number of carbonyl (C=O) groups is 1. The highest BCUT2D eigenvalue weighted by Crippen LogP contribution is 2.44. The first-order valence-corrected chi connectivity index (χ1v) is 15.2. The van der Waals surface area contributed by atoms with Gasteiger partial charge in [-0.1, -0.05) is 0 Å². The van der Waals surface area contributed by atoms with E-state index >= 15 is 0 Å². The molecule has 4 rings (SSSR count). The smallest absolute Gasteiger partial charge is 0.410 e. The molecule has 1 unspecified atom stereocenters. The van der Waals surface area contributed by atoms with Gasteiger partial charge in [0.05, 0.1) is 45.3 Å². The van der Waals surface area contributed by atoms with Gasteiger partial charge in [0, 0.05) is 56.4 Å². The van der Waals surface area contributed by atoms with Crippen molar-refractivity contribution in [2.75, 3.05) is 73.4 Å². The zero-order chi connectivity index (χ0) is 28.6. The van der Waals surface area contributed by atoms with Crippen molar-refractivity contribution < 1.29 is 28.5 Å². The number of hydrogen-bond donors (Lipinski definition) is 0. The summed E-state index contributed by atoms with van der Waals surface area (Å²) in [5.74, 6) is 0.405. The molecule has 1 aromatic heterocycles. The number of rotatable bonds is 7. The van der Waals surface area contributed by atoms with Gasteiger partial charge < -0.3 is 33.5 Å². The Hall–Kier alpha value is -1.72. The quantitative estimate of drug-likeness (QED) is 0.475. The van der Waals surface area contributed by atoms with Gasteiger partial charge in [-0.3, -0.25) is 0 Å². The van der Waals surface area contributed by atoms with Crippen LogP contribution in [0, 0.1) is 5.41 Å². The fourth-order valence-corrected chi connectivity index (χ4v) is 5.86. The molecule has 0 radical (unpaired) electrons. The molecule has 0 bridgehead atoms. The van der Waals surface area contributed by atoms with Crippen molar-refractivity contribution in [3.63, 3.8) is 0 Å². The molecule has 1 amide bonds. The van der Waals surface area contributed by atoms with E-state index in [9.17, 15) is 4.79 Å². The fraction of sp³-hybridized carbons (Fsp3) is 0.867. The van der Waals surface area contributed by atoms with Crippen LogP contribution < -0.4 is 0 Å². The van der Waals surface area contributed by atoms with E-state index in [2.05, 4.69) is 22.8 Å². The SMILES string of the molecule is CN(CCN(C)C(=O)OC(C)(C)C)Cc1cn(C2CCCCO2)nc1C1CCC2(CC1)COCCOCCOC2. The second-order valence-corrected chi connectivity index (χ2v) is 13.0. The Morgan fingerprint density at radius 1 is 1.00 bits per heavy atom. The maximum Gasteiger partial charge on any atom is 0.410 e. The molecule has 1 aromatic rings. The second kappa shape index (κ2) is 14.4. The molecule has 1 saturated carbocycles. The molecule has 0 N–H and O–H groups in total. The van der Waals surface area contributed by atoms with E-state index in [1.165, 1.54) is 17.7 Å². The van der Waals surface area contributed by atoms with Gasteiger partial charge in [0.25, 0.3) is 0 Å². The van der Waals surface area contributed by atoms with Crippen molar-refractivity contribution in [2.45, 2.75) is 90.0 Å². The lowest BCUT2D eigenvalue weighted by molar-refractivity contribution is -0.0834. The molecule has 40 heavy (non-hydrogen) atoms. The number of carbonyl (C=O) groups excluding carboxylic acids is 1. The van der Waals surface area contributed by atoms with Gasteiger partial charge in [0.1, 0.15) is 11.8 Å². The summed E-state index contributed by atoms with van der Waals surface area (Å²) in [6.07, 6.45) is 9.51. The van der Waals surface area contributed by atoms with Gasteiger partial charge in [-0.15, -0.1) is 0 Å². The lowest BCUT2D eigenvalue weighted by Gasteiger charge is -2.40. The first-order chi connectivity index (χ1) is 19.1. The summed E-state index contributed by atoms with van der Waals surface area (Å²) >= 11 is 0. The summed E-state index contributed by atoms with van der Waals surface area (Å²) < 4.78 is 31.2. The zero-order valence-electron chi connectivity index (χ0n) is 25.5. The second-order valence-electron chi connectivity index (χ2n) is 13.0. The maximum absolute atomic E-state index is 12.4. The third-order valence-electron chi connectivity index (χ3n) is 8.25. The van der Waals surface area contributed by atoms with Gasteiger partial charge in [0.2, 0.25) is 0 Å². The highest BCUT2D eigenvalue weighted by molar-refractivity contribution is 5.67. The molecule has 3 heterocycles. The van der Waals surface area contributed by atoms with Crippen molar-refractivity contribution in [3.05, 3.63) is 17.5 Å². The Labute approximate surface area is 240 Å². The highest BCUT2D eigenvalue weighted by atomic mass is 16.6. The van der Waals surface area contributed by atoms with E-state index in [0.717, 1.165) is 71.4 Å². The first-order valence-electron chi connectivity index (χ1n) is 15.2. The summed E-state index contributed by atoms with van der Waals surface area (Å²) in [4.78, 5) is 16.3. The number of ether oxygens (including phenoxy) is 5. The molecule has 228 valence electrons. The minimum Gasteiger partial charge on any atom is -0.444 e. The van der Waals surface area contributed by atoms with E-state index < -0.39 is 5.60 Å². The largest absolute Gasteiger partial charge is 0.444 e. The van der Waals surface area contributed by atoms with Crippen LogP contribution in [0.1, 0.15) is 89.1 Å². The molecule has 3 aliphatic rings. The lowest BCUT2D eigenvalue weighted by Crippen LogP contribution is -2.38. The first kappa shape index (κ1) is 31.2. The van der Waals surface area contributed by atoms with Crippen LogP contribution >= 0.6 is 0 Å². The highest BCUT2D eigenvalue weighted by Gasteiger charge is 2.38. The molecule has 3 fully saturated rings. The molecule has 1 spiro atoms. The molecular formula is C30H52N4O6. The number of aromatic nitrogens is 2. The Balaban J connectivity index is 1.41. The van der Waals surface area contributed by atoms with Gasteiger partial charge >= 0.3 is 6.09 Å². The number of nitrogens with zero attached hydrogens (tertiary/aromatic N) is 4. The molecule has 0 aromatic carbocycles. The van der Waals surface area contributed by atoms with Gasteiger partial charge in [-0.25, -0.2) is 9.48 Å². The van der Waals surface area contributed by atoms with Gasteiger partial charge in [-0.2, -0.15) is 5.10 Å². The van der Waals surface area contributed by atoms with E-state index in [0.29, 0.717) is 38.9 Å². The van der Waals surface area contributed by atoms with Crippen LogP contribution in [-0.2, 0) is 30.2 Å². The lowest BCUT2D eigenvalue weighted by atomic mass is 9.70. The minimum absolute atomic E-state index is 0.0158. The van der Waals surface area contributed by atoms with Crippen molar-refractivity contribution in [3.8, 4) is 0 Å². The molecule has 1 aliphatic carbocycles. The molecule has 2 saturated heterocycles. The molecule has 10 nitrogen and oxygen atoms in total. The van der Waals surface area contributed by atoms with Crippen LogP contribution in [0.4, 0.5) is 4.79 Å². The average molecular weight is 565 g/mol. The fourth-order valence-electron chi connectivity index (χ4n) is 5.86. The van der Waals surface area contributed by atoms with Crippen LogP contribution in [0.5, 0.6) is 0 Å². The van der Waals surface area contributed by atoms with Crippen LogP contribution in [0.25, 0.3) is 0 Å². The summed E-state index contributed by atoms with van der Waals surface area (Å²) in [6, 6.07) is 0. The van der Waals surface area contributed by atoms with Crippen molar-refractivity contribution in [1.82, 2.24) is 19.6 Å². The summed E-state index contributed by atoms with van der Waals surface area (Å²) in [5.41, 5.74) is 2.04. The standard InChI is InChI=1S/C30H52N4O6/c1-29(2,3)40-28(35)33(5)14-13-32(4)20-25-21-34(26-8-6-7-15-39-26)31-27(25)24-9-11-30(12-10-24)22-37-18-16-36-17-19-38-23-30/h21,24,26H,6-20,22-23H2,1-5H3. The Morgan fingerprint density at radius 3 is 2.30 bits per heavy atom. The molecule has 1 atom stereocenters. The molecular weight excluding hydrogens is 512 g/mol. The monoisotopic (exact) mass is 564 g/mol. The van der Waals surface area contributed by atoms with Crippen LogP contribution in [0.2, 0.25) is 0 Å². The van der Waals surface area contributed by atoms with Crippen molar-refractivity contribution >= 4 is 6.09 Å². The Kier molecular flexibility index (Phi) is 11.3. The predicted octanol–water partition coefficient (Wildman–Crippen LogP) is 4.59. The third kappa shape index (κ3) is 9.14. The van der Waals surface area contributed by atoms with Crippen LogP contribution in [-0.4, -0.2) is 105 Å². The Bertz CT molecular complexity index is 906. The maximum atomic E-state index is 12.4. The topological polar surface area (TPSA) is 87.5 Å². The normalized spacial score (nSPS) is 23.3. The van der Waals surface area contributed by atoms with E-state index in [4.69, 9.17) is 28.8 Å². The van der Waals surface area contributed by atoms with Crippen LogP contribution in [0.3, 0.4) is 0 Å². The van der Waals surface area contributed by atoms with Gasteiger partial charge in [-0.05, 0) is 72.8 Å². The summed E-state index contributed by atoms with van der Waals surface area (Å²) in [7, 11) is 3.90. The van der Waals surface area contributed by atoms with E-state index in [1.807, 2.05) is 20.8 Å². The Morgan fingerprint density at radius 2 is 1.68 bits per heavy atom. The van der Waals surface area contributed by atoms with Gasteiger partial charge in [0.15, 0.2) is 0 Å². The third-order valence-corrected chi connectivity index (χ3v) is 8.25. The number of likely N-dealkylation sites (N-methyl/N-ethyl adjacent to an activating group) is 2. The van der Waals surface area contributed by atoms with Crippen LogP contribution in [0.15, 0.2) is 6.20 Å². The summed E-state index contributed by atoms with van der Waals surface area (Å²) in [5, 5.41) is 5.17. The molecule has 10 heteroatoms. The molecule has 2 aliphatic heterocycles. The number of amides is 1. The zero-order valence-corrected chi connectivity index (χ0v) is 25.5. The predicted molar refractivity (Wildman–Crippen MR) is 152 cm³/mol. The minimum atomic E-state index is -0.498. The van der Waals surface area contributed by atoms with E-state index in [-0.39, 0.29) is 17.7 Å². The number of hydrogen-bond acceptors (Lipinski definition) is 8. The summed E-state index contributed by atoms with van der Waals surface area (Å²) in [6.45, 7) is 12.6.